The number of furan rings is 1. The molecular weight excluding hydrogens is 242 g/mol. The first-order valence-corrected chi connectivity index (χ1v) is 7.33. The molecule has 1 atom stereocenters. The number of nitrogens with one attached hydrogen (secondary N) is 1. The molecule has 2 heterocycles. The van der Waals surface area contributed by atoms with Crippen molar-refractivity contribution in [3.63, 3.8) is 0 Å². The lowest BCUT2D eigenvalue weighted by Gasteiger charge is -2.08. The third-order valence-corrected chi connectivity index (χ3v) is 4.78. The number of hydrogen-bond donors (Lipinski definition) is 1. The Morgan fingerprint density at radius 1 is 1.59 bits per heavy atom. The largest absolute Gasteiger partial charge is 0.459 e. The van der Waals surface area contributed by atoms with Crippen LogP contribution in [0.4, 0.5) is 0 Å². The molecule has 0 bridgehead atoms. The molecule has 0 aromatic carbocycles. The van der Waals surface area contributed by atoms with Crippen molar-refractivity contribution in [3.05, 3.63) is 23.7 Å². The lowest BCUT2D eigenvalue weighted by atomic mass is 10.1. The molecule has 1 aliphatic rings. The second kappa shape index (κ2) is 4.52. The predicted octanol–water partition coefficient (Wildman–Crippen LogP) is 0.753. The molecule has 0 aliphatic carbocycles. The molecule has 1 saturated heterocycles. The quantitative estimate of drug-likeness (QED) is 0.867. The van der Waals surface area contributed by atoms with E-state index < -0.39 is 9.84 Å². The maximum absolute atomic E-state index is 11.7. The molecule has 1 aromatic heterocycles. The van der Waals surface area contributed by atoms with E-state index >= 15 is 0 Å². The third kappa shape index (κ3) is 2.88. The molecule has 0 radical (unpaired) electrons. The Kier molecular flexibility index (Phi) is 3.24. The van der Waals surface area contributed by atoms with E-state index in [1.165, 1.54) is 6.26 Å². The van der Waals surface area contributed by atoms with Crippen LogP contribution in [0.25, 0.3) is 0 Å². The summed E-state index contributed by atoms with van der Waals surface area (Å²) in [7, 11) is -2.88. The molecule has 94 valence electrons. The summed E-state index contributed by atoms with van der Waals surface area (Å²) in [6, 6.07) is 1.72. The zero-order valence-electron chi connectivity index (χ0n) is 9.60. The van der Waals surface area contributed by atoms with Crippen LogP contribution in [0.1, 0.15) is 22.5 Å². The van der Waals surface area contributed by atoms with Crippen LogP contribution in [0.3, 0.4) is 0 Å². The fourth-order valence-corrected chi connectivity index (χ4v) is 3.82. The summed E-state index contributed by atoms with van der Waals surface area (Å²) in [5.74, 6) is 0.444. The molecule has 2 rings (SSSR count). The van der Waals surface area contributed by atoms with Crippen molar-refractivity contribution in [3.8, 4) is 0 Å². The summed E-state index contributed by atoms with van der Waals surface area (Å²) in [4.78, 5) is 11.7. The van der Waals surface area contributed by atoms with E-state index in [1.807, 2.05) is 0 Å². The molecule has 6 heteroatoms. The van der Waals surface area contributed by atoms with Crippen LogP contribution in [0, 0.1) is 12.8 Å². The lowest BCUT2D eigenvalue weighted by molar-refractivity contribution is 0.0920. The van der Waals surface area contributed by atoms with Gasteiger partial charge in [0, 0.05) is 12.1 Å². The highest BCUT2D eigenvalue weighted by atomic mass is 32.2. The van der Waals surface area contributed by atoms with E-state index in [2.05, 4.69) is 5.32 Å². The van der Waals surface area contributed by atoms with Crippen molar-refractivity contribution in [2.75, 3.05) is 18.1 Å². The van der Waals surface area contributed by atoms with Gasteiger partial charge in [0.1, 0.15) is 0 Å². The number of amides is 1. The summed E-state index contributed by atoms with van der Waals surface area (Å²) in [6.45, 7) is 2.18. The molecule has 1 aromatic rings. The topological polar surface area (TPSA) is 76.4 Å². The van der Waals surface area contributed by atoms with Gasteiger partial charge in [-0.15, -0.1) is 0 Å². The molecule has 17 heavy (non-hydrogen) atoms. The second-order valence-corrected chi connectivity index (χ2v) is 6.64. The van der Waals surface area contributed by atoms with Crippen molar-refractivity contribution in [1.29, 1.82) is 0 Å². The van der Waals surface area contributed by atoms with Gasteiger partial charge in [0.05, 0.1) is 17.8 Å². The van der Waals surface area contributed by atoms with Gasteiger partial charge in [-0.25, -0.2) is 8.42 Å². The third-order valence-electron chi connectivity index (χ3n) is 2.95. The summed E-state index contributed by atoms with van der Waals surface area (Å²) in [5, 5.41) is 2.71. The van der Waals surface area contributed by atoms with Gasteiger partial charge in [0.15, 0.2) is 15.6 Å². The minimum atomic E-state index is -2.88. The highest BCUT2D eigenvalue weighted by Crippen LogP contribution is 2.17. The molecule has 1 fully saturated rings. The van der Waals surface area contributed by atoms with E-state index in [9.17, 15) is 13.2 Å². The van der Waals surface area contributed by atoms with Gasteiger partial charge in [-0.1, -0.05) is 0 Å². The van der Waals surface area contributed by atoms with Crippen molar-refractivity contribution in [2.24, 2.45) is 5.92 Å². The summed E-state index contributed by atoms with van der Waals surface area (Å²) in [5.41, 5.74) is 0.779. The lowest BCUT2D eigenvalue weighted by Crippen LogP contribution is -2.29. The molecule has 0 saturated carbocycles. The van der Waals surface area contributed by atoms with E-state index in [0.29, 0.717) is 18.7 Å². The summed E-state index contributed by atoms with van der Waals surface area (Å²) >= 11 is 0. The van der Waals surface area contributed by atoms with Gasteiger partial charge in [-0.3, -0.25) is 4.79 Å². The van der Waals surface area contributed by atoms with E-state index in [1.54, 1.807) is 13.0 Å². The fourth-order valence-electron chi connectivity index (χ4n) is 1.96. The Morgan fingerprint density at radius 2 is 2.35 bits per heavy atom. The van der Waals surface area contributed by atoms with Crippen LogP contribution >= 0.6 is 0 Å². The first-order valence-electron chi connectivity index (χ1n) is 5.50. The molecule has 1 unspecified atom stereocenters. The highest BCUT2D eigenvalue weighted by Gasteiger charge is 2.28. The van der Waals surface area contributed by atoms with Crippen molar-refractivity contribution >= 4 is 15.7 Å². The molecular formula is C11H15NO4S. The van der Waals surface area contributed by atoms with E-state index in [-0.39, 0.29) is 23.3 Å². The first kappa shape index (κ1) is 12.2. The maximum atomic E-state index is 11.7. The molecule has 1 amide bonds. The zero-order valence-corrected chi connectivity index (χ0v) is 10.4. The van der Waals surface area contributed by atoms with Gasteiger partial charge in [-0.05, 0) is 25.3 Å². The SMILES string of the molecule is Cc1ccoc1C(=O)NCC1CCS(=O)(=O)C1. The van der Waals surface area contributed by atoms with Gasteiger partial charge in [-0.2, -0.15) is 0 Å². The van der Waals surface area contributed by atoms with Gasteiger partial charge in [0.2, 0.25) is 0 Å². The maximum Gasteiger partial charge on any atom is 0.287 e. The van der Waals surface area contributed by atoms with Gasteiger partial charge >= 0.3 is 0 Å². The molecule has 5 nitrogen and oxygen atoms in total. The number of sulfone groups is 1. The highest BCUT2D eigenvalue weighted by molar-refractivity contribution is 7.91. The number of aryl methyl sites for hydroxylation is 1. The smallest absolute Gasteiger partial charge is 0.287 e. The molecule has 1 N–H and O–H groups in total. The van der Waals surface area contributed by atoms with Crippen molar-refractivity contribution in [2.45, 2.75) is 13.3 Å². The minimum absolute atomic E-state index is 0.0271. The second-order valence-electron chi connectivity index (χ2n) is 4.41. The van der Waals surface area contributed by atoms with E-state index in [0.717, 1.165) is 5.56 Å². The fraction of sp³-hybridized carbons (Fsp3) is 0.545. The van der Waals surface area contributed by atoms with Crippen LogP contribution in [0.2, 0.25) is 0 Å². The van der Waals surface area contributed by atoms with Crippen LogP contribution in [-0.4, -0.2) is 32.4 Å². The minimum Gasteiger partial charge on any atom is -0.459 e. The Bertz CT molecular complexity index is 517. The zero-order chi connectivity index (χ0) is 12.5. The molecule has 1 aliphatic heterocycles. The standard InChI is InChI=1S/C11H15NO4S/c1-8-2-4-16-10(8)11(13)12-6-9-3-5-17(14,15)7-9/h2,4,9H,3,5-7H2,1H3,(H,12,13). The van der Waals surface area contributed by atoms with Gasteiger partial charge < -0.3 is 9.73 Å². The Labute approximate surface area is 100 Å². The Hall–Kier alpha value is -1.30. The van der Waals surface area contributed by atoms with Crippen LogP contribution in [0.15, 0.2) is 16.7 Å². The number of rotatable bonds is 3. The number of carbonyl (C=O) groups is 1. The average molecular weight is 257 g/mol. The van der Waals surface area contributed by atoms with Crippen molar-refractivity contribution < 1.29 is 17.6 Å². The van der Waals surface area contributed by atoms with Crippen LogP contribution in [-0.2, 0) is 9.84 Å². The average Bonchev–Trinajstić information content (AvgIpc) is 2.81. The number of hydrogen-bond acceptors (Lipinski definition) is 4. The van der Waals surface area contributed by atoms with Crippen LogP contribution in [0.5, 0.6) is 0 Å². The van der Waals surface area contributed by atoms with E-state index in [4.69, 9.17) is 4.42 Å². The summed E-state index contributed by atoms with van der Waals surface area (Å²) in [6.07, 6.45) is 2.09. The Balaban J connectivity index is 1.88. The Morgan fingerprint density at radius 3 is 2.88 bits per heavy atom. The van der Waals surface area contributed by atoms with Crippen LogP contribution < -0.4 is 5.32 Å². The summed E-state index contributed by atoms with van der Waals surface area (Å²) < 4.78 is 27.5. The first-order chi connectivity index (χ1) is 7.98. The monoisotopic (exact) mass is 257 g/mol. The molecule has 0 spiro atoms. The normalized spacial score (nSPS) is 22.5. The van der Waals surface area contributed by atoms with Crippen molar-refractivity contribution in [1.82, 2.24) is 5.32 Å². The van der Waals surface area contributed by atoms with Gasteiger partial charge in [0.25, 0.3) is 5.91 Å². The number of carbonyl (C=O) groups excluding carboxylic acids is 1. The predicted molar refractivity (Wildman–Crippen MR) is 62.5 cm³/mol.